The molecule has 0 bridgehead atoms. The minimum Gasteiger partial charge on any atom is -0.321 e. The average molecular weight is 309 g/mol. The number of hydrogen-bond donors (Lipinski definition) is 1. The number of rotatable bonds is 3. The third-order valence-corrected chi connectivity index (χ3v) is 4.44. The van der Waals surface area contributed by atoms with Gasteiger partial charge in [0, 0.05) is 27.8 Å². The first-order valence-corrected chi connectivity index (χ1v) is 7.94. The van der Waals surface area contributed by atoms with Gasteiger partial charge < -0.3 is 5.73 Å². The molecule has 0 fully saturated rings. The van der Waals surface area contributed by atoms with Crippen LogP contribution < -0.4 is 5.73 Å². The molecule has 108 valence electrons. The standard InChI is InChI=1S/C16H21ClN2S/c1-15(2,3)13-10-20-14(19-13)9-16(4,18)11-5-7-12(17)8-6-11/h5-8,10H,9,18H2,1-4H3. The van der Waals surface area contributed by atoms with E-state index in [1.807, 2.05) is 31.2 Å². The predicted molar refractivity (Wildman–Crippen MR) is 87.5 cm³/mol. The molecule has 0 radical (unpaired) electrons. The number of hydrogen-bond acceptors (Lipinski definition) is 3. The molecule has 1 aromatic heterocycles. The van der Waals surface area contributed by atoms with E-state index in [4.69, 9.17) is 22.3 Å². The zero-order chi connectivity index (χ0) is 15.0. The lowest BCUT2D eigenvalue weighted by atomic mass is 9.90. The summed E-state index contributed by atoms with van der Waals surface area (Å²) in [5, 5.41) is 3.94. The van der Waals surface area contributed by atoms with E-state index in [2.05, 4.69) is 26.2 Å². The van der Waals surface area contributed by atoms with Crippen molar-refractivity contribution in [2.24, 2.45) is 5.73 Å². The quantitative estimate of drug-likeness (QED) is 0.906. The molecule has 4 heteroatoms. The van der Waals surface area contributed by atoms with Crippen molar-refractivity contribution in [1.82, 2.24) is 4.98 Å². The molecule has 0 spiro atoms. The fourth-order valence-electron chi connectivity index (χ4n) is 1.98. The van der Waals surface area contributed by atoms with Crippen molar-refractivity contribution in [3.05, 3.63) is 50.9 Å². The van der Waals surface area contributed by atoms with Gasteiger partial charge in [0.2, 0.25) is 0 Å². The van der Waals surface area contributed by atoms with Crippen LogP contribution in [0.15, 0.2) is 29.6 Å². The molecule has 0 aliphatic carbocycles. The lowest BCUT2D eigenvalue weighted by Gasteiger charge is -2.24. The van der Waals surface area contributed by atoms with Gasteiger partial charge in [-0.1, -0.05) is 44.5 Å². The van der Waals surface area contributed by atoms with Crippen molar-refractivity contribution >= 4 is 22.9 Å². The summed E-state index contributed by atoms with van der Waals surface area (Å²) >= 11 is 7.61. The first kappa shape index (κ1) is 15.5. The molecule has 0 saturated heterocycles. The molecule has 2 aromatic rings. The number of nitrogens with zero attached hydrogens (tertiary/aromatic N) is 1. The molecular formula is C16H21ClN2S. The number of aromatic nitrogens is 1. The van der Waals surface area contributed by atoms with E-state index < -0.39 is 5.54 Å². The van der Waals surface area contributed by atoms with Crippen LogP contribution in [0, 0.1) is 0 Å². The van der Waals surface area contributed by atoms with Crippen molar-refractivity contribution in [2.75, 3.05) is 0 Å². The minimum absolute atomic E-state index is 0.0834. The SMILES string of the molecule is CC(C)(C)c1csc(CC(C)(N)c2ccc(Cl)cc2)n1. The highest BCUT2D eigenvalue weighted by Crippen LogP contribution is 2.29. The van der Waals surface area contributed by atoms with Gasteiger partial charge in [-0.2, -0.15) is 0 Å². The summed E-state index contributed by atoms with van der Waals surface area (Å²) in [6.07, 6.45) is 0.732. The highest BCUT2D eigenvalue weighted by Gasteiger charge is 2.25. The predicted octanol–water partition coefficient (Wildman–Crippen LogP) is 4.51. The molecule has 1 aromatic carbocycles. The Hall–Kier alpha value is -0.900. The molecule has 2 rings (SSSR count). The van der Waals surface area contributed by atoms with Gasteiger partial charge in [0.15, 0.2) is 0 Å². The lowest BCUT2D eigenvalue weighted by molar-refractivity contribution is 0.486. The van der Waals surface area contributed by atoms with Crippen molar-refractivity contribution in [2.45, 2.75) is 45.1 Å². The Morgan fingerprint density at radius 2 is 1.75 bits per heavy atom. The molecule has 0 aliphatic rings. The zero-order valence-corrected chi connectivity index (χ0v) is 14.0. The second-order valence-electron chi connectivity index (χ2n) is 6.48. The van der Waals surface area contributed by atoms with Gasteiger partial charge in [0.05, 0.1) is 10.7 Å². The van der Waals surface area contributed by atoms with Crippen molar-refractivity contribution in [3.8, 4) is 0 Å². The van der Waals surface area contributed by atoms with Gasteiger partial charge in [-0.25, -0.2) is 4.98 Å². The molecule has 2 nitrogen and oxygen atoms in total. The summed E-state index contributed by atoms with van der Waals surface area (Å²) in [4.78, 5) is 4.72. The van der Waals surface area contributed by atoms with E-state index >= 15 is 0 Å². The fourth-order valence-corrected chi connectivity index (χ4v) is 3.30. The van der Waals surface area contributed by atoms with Gasteiger partial charge in [-0.05, 0) is 24.6 Å². The van der Waals surface area contributed by atoms with Gasteiger partial charge >= 0.3 is 0 Å². The Labute approximate surface area is 130 Å². The van der Waals surface area contributed by atoms with Gasteiger partial charge in [0.1, 0.15) is 0 Å². The maximum Gasteiger partial charge on any atom is 0.0950 e. The molecule has 1 heterocycles. The number of halogens is 1. The molecule has 1 unspecified atom stereocenters. The maximum atomic E-state index is 6.46. The summed E-state index contributed by atoms with van der Waals surface area (Å²) in [5.41, 5.74) is 8.32. The van der Waals surface area contributed by atoms with Crippen LogP contribution in [-0.4, -0.2) is 4.98 Å². The van der Waals surface area contributed by atoms with Gasteiger partial charge in [0.25, 0.3) is 0 Å². The van der Waals surface area contributed by atoms with Gasteiger partial charge in [-0.15, -0.1) is 11.3 Å². The summed E-state index contributed by atoms with van der Waals surface area (Å²) in [5.74, 6) is 0. The molecule has 20 heavy (non-hydrogen) atoms. The minimum atomic E-state index is -0.433. The van der Waals surface area contributed by atoms with E-state index in [1.54, 1.807) is 11.3 Å². The molecule has 0 amide bonds. The first-order chi connectivity index (χ1) is 9.18. The number of thiazole rings is 1. The summed E-state index contributed by atoms with van der Waals surface area (Å²) in [7, 11) is 0. The van der Waals surface area contributed by atoms with Crippen LogP contribution in [0.1, 0.15) is 44.0 Å². The molecule has 2 N–H and O–H groups in total. The van der Waals surface area contributed by atoms with Gasteiger partial charge in [-0.3, -0.25) is 0 Å². The monoisotopic (exact) mass is 308 g/mol. The van der Waals surface area contributed by atoms with E-state index in [9.17, 15) is 0 Å². The Balaban J connectivity index is 2.19. The van der Waals surface area contributed by atoms with Crippen molar-refractivity contribution < 1.29 is 0 Å². The number of benzene rings is 1. The summed E-state index contributed by atoms with van der Waals surface area (Å²) < 4.78 is 0. The van der Waals surface area contributed by atoms with Crippen molar-refractivity contribution in [1.29, 1.82) is 0 Å². The normalized spacial score (nSPS) is 15.1. The largest absolute Gasteiger partial charge is 0.321 e. The lowest BCUT2D eigenvalue weighted by Crippen LogP contribution is -2.35. The van der Waals surface area contributed by atoms with Crippen LogP contribution in [-0.2, 0) is 17.4 Å². The summed E-state index contributed by atoms with van der Waals surface area (Å²) in [6.45, 7) is 8.56. The molecular weight excluding hydrogens is 288 g/mol. The van der Waals surface area contributed by atoms with Crippen LogP contribution >= 0.6 is 22.9 Å². The second kappa shape index (κ2) is 5.47. The molecule has 0 aliphatic heterocycles. The Morgan fingerprint density at radius 3 is 2.25 bits per heavy atom. The van der Waals surface area contributed by atoms with Crippen LogP contribution in [0.5, 0.6) is 0 Å². The molecule has 0 saturated carbocycles. The average Bonchev–Trinajstić information content (AvgIpc) is 2.77. The summed E-state index contributed by atoms with van der Waals surface area (Å²) in [6, 6.07) is 7.73. The van der Waals surface area contributed by atoms with Crippen LogP contribution in [0.25, 0.3) is 0 Å². The zero-order valence-electron chi connectivity index (χ0n) is 12.4. The third kappa shape index (κ3) is 3.60. The Morgan fingerprint density at radius 1 is 1.15 bits per heavy atom. The van der Waals surface area contributed by atoms with Crippen LogP contribution in [0.4, 0.5) is 0 Å². The Kier molecular flexibility index (Phi) is 4.24. The van der Waals surface area contributed by atoms with Crippen molar-refractivity contribution in [3.63, 3.8) is 0 Å². The highest BCUT2D eigenvalue weighted by atomic mass is 35.5. The smallest absolute Gasteiger partial charge is 0.0950 e. The van der Waals surface area contributed by atoms with Crippen LogP contribution in [0.2, 0.25) is 5.02 Å². The number of nitrogens with two attached hydrogens (primary N) is 1. The van der Waals surface area contributed by atoms with E-state index in [1.165, 1.54) is 0 Å². The third-order valence-electron chi connectivity index (χ3n) is 3.34. The van der Waals surface area contributed by atoms with E-state index in [0.717, 1.165) is 27.7 Å². The van der Waals surface area contributed by atoms with Crippen LogP contribution in [0.3, 0.4) is 0 Å². The topological polar surface area (TPSA) is 38.9 Å². The highest BCUT2D eigenvalue weighted by molar-refractivity contribution is 7.09. The maximum absolute atomic E-state index is 6.46. The second-order valence-corrected chi connectivity index (χ2v) is 7.86. The fraction of sp³-hybridized carbons (Fsp3) is 0.438. The molecule has 1 atom stereocenters. The van der Waals surface area contributed by atoms with E-state index in [0.29, 0.717) is 0 Å². The first-order valence-electron chi connectivity index (χ1n) is 6.68. The van der Waals surface area contributed by atoms with E-state index in [-0.39, 0.29) is 5.41 Å². The Bertz CT molecular complexity index is 579.